The van der Waals surface area contributed by atoms with Crippen LogP contribution < -0.4 is 26.4 Å². The summed E-state index contributed by atoms with van der Waals surface area (Å²) >= 11 is 0. The second kappa shape index (κ2) is 17.6. The molecule has 1 heterocycles. The summed E-state index contributed by atoms with van der Waals surface area (Å²) in [5.41, 5.74) is -12.6. The van der Waals surface area contributed by atoms with E-state index in [0.29, 0.717) is 6.54 Å². The second-order valence-electron chi connectivity index (χ2n) is 14.4. The number of aromatic nitrogens is 2. The van der Waals surface area contributed by atoms with E-state index in [1.165, 1.54) is 0 Å². The smallest absolute Gasteiger partial charge is 0.227 e. The summed E-state index contributed by atoms with van der Waals surface area (Å²) in [5, 5.41) is 0. The third kappa shape index (κ3) is 7.69. The van der Waals surface area contributed by atoms with E-state index >= 15 is 35.1 Å². The highest BCUT2D eigenvalue weighted by atomic mass is 19.2. The number of hydrogen-bond donors (Lipinski definition) is 0. The largest absolute Gasteiger partial charge is 0.287 e. The number of ketones is 1. The lowest BCUT2D eigenvalue weighted by Crippen LogP contribution is -2.81. The Labute approximate surface area is 345 Å². The van der Waals surface area contributed by atoms with Gasteiger partial charge in [0.05, 0.1) is 12.4 Å². The summed E-state index contributed by atoms with van der Waals surface area (Å²) in [5.74, 6) is -71.3. The van der Waals surface area contributed by atoms with Gasteiger partial charge in [-0.3, -0.25) is 9.78 Å². The van der Waals surface area contributed by atoms with E-state index in [-0.39, 0.29) is 11.2 Å². The molecule has 0 saturated carbocycles. The minimum absolute atomic E-state index is 0.0365. The van der Waals surface area contributed by atoms with Crippen LogP contribution in [0.3, 0.4) is 0 Å². The first-order chi connectivity index (χ1) is 29.7. The molecule has 0 aliphatic heterocycles. The van der Waals surface area contributed by atoms with Crippen LogP contribution in [-0.2, 0) is 12.0 Å². The van der Waals surface area contributed by atoms with Gasteiger partial charge in [0.15, 0.2) is 76.0 Å². The Hall–Kier alpha value is -6.49. The molecule has 0 fully saturated rings. The molecule has 1 aromatic heterocycles. The van der Waals surface area contributed by atoms with Gasteiger partial charge in [0.1, 0.15) is 52.7 Å². The van der Waals surface area contributed by atoms with Crippen LogP contribution in [0.2, 0.25) is 0 Å². The fourth-order valence-electron chi connectivity index (χ4n) is 6.89. The number of benzene rings is 5. The van der Waals surface area contributed by atoms with Crippen LogP contribution in [0.5, 0.6) is 0 Å². The molecular weight excluding hydrogens is 915 g/mol. The quantitative estimate of drug-likeness (QED) is 0.0403. The van der Waals surface area contributed by atoms with Crippen LogP contribution in [0.15, 0.2) is 48.9 Å². The summed E-state index contributed by atoms with van der Waals surface area (Å²) < 4.78 is 296. The topological polar surface area (TPSA) is 33.8 Å². The maximum atomic E-state index is 15.4. The molecule has 0 spiro atoms. The summed E-state index contributed by atoms with van der Waals surface area (Å²) in [4.78, 5) is 16.4. The standard InChI is InChI=1S/C24BF20.C16H19N2O/c26-5-1(6(27)14(35)21(42)13(5)34)25(2-7(28)15(36)22(43)16(37)8(2)29,3-9(30)17(38)23(44)18(39)10(3)31)4-11(32)19(40)24(45)20(41)12(4)33;1-16(2,3)15-11-17-9-10-18(15)12-14(19)13-7-5-4-6-8-13/h;4-11H,12H2,1-3H3/q-1;+1. The van der Waals surface area contributed by atoms with E-state index in [1.807, 2.05) is 47.3 Å². The SMILES string of the molecule is CC(C)(C)c1cncc[n+]1CC(=O)c1ccccc1.Fc1c(F)c(F)c([B-](c2c(F)c(F)c(F)c(F)c2F)(c2c(F)c(F)c(F)c(F)c2F)c2c(F)c(F)c(F)c(F)c2F)c(F)c1F. The second-order valence-corrected chi connectivity index (χ2v) is 14.4. The number of hydrogen-bond acceptors (Lipinski definition) is 2. The molecule has 0 radical (unpaired) electrons. The monoisotopic (exact) mass is 934 g/mol. The van der Waals surface area contributed by atoms with E-state index in [0.717, 1.165) is 11.3 Å². The summed E-state index contributed by atoms with van der Waals surface area (Å²) in [6.45, 7) is 6.70. The highest BCUT2D eigenvalue weighted by molar-refractivity contribution is 7.20. The Bertz CT molecular complexity index is 2490. The number of nitrogens with zero attached hydrogens (tertiary/aromatic N) is 2. The molecule has 64 heavy (non-hydrogen) atoms. The molecule has 338 valence electrons. The predicted molar refractivity (Wildman–Crippen MR) is 183 cm³/mol. The van der Waals surface area contributed by atoms with Gasteiger partial charge in [-0.1, -0.05) is 51.1 Å². The van der Waals surface area contributed by atoms with Crippen molar-refractivity contribution < 1.29 is 97.2 Å². The third-order valence-corrected chi connectivity index (χ3v) is 9.72. The molecule has 0 atom stereocenters. The maximum absolute atomic E-state index is 15.4. The summed E-state index contributed by atoms with van der Waals surface area (Å²) in [6, 6.07) is 9.38. The van der Waals surface area contributed by atoms with Gasteiger partial charge in [-0.2, -0.15) is 4.57 Å². The minimum Gasteiger partial charge on any atom is -0.287 e. The zero-order valence-electron chi connectivity index (χ0n) is 31.8. The van der Waals surface area contributed by atoms with Gasteiger partial charge in [-0.25, -0.2) is 87.8 Å². The fourth-order valence-corrected chi connectivity index (χ4v) is 6.89. The van der Waals surface area contributed by atoms with E-state index in [4.69, 9.17) is 0 Å². The molecule has 0 aliphatic rings. The summed E-state index contributed by atoms with van der Waals surface area (Å²) in [7, 11) is 0. The lowest BCUT2D eigenvalue weighted by atomic mass is 9.12. The first-order valence-electron chi connectivity index (χ1n) is 17.3. The van der Waals surface area contributed by atoms with Crippen molar-refractivity contribution >= 4 is 33.8 Å². The number of carbonyl (C=O) groups is 1. The van der Waals surface area contributed by atoms with Crippen molar-refractivity contribution in [3.8, 4) is 0 Å². The highest BCUT2D eigenvalue weighted by Crippen LogP contribution is 2.31. The van der Waals surface area contributed by atoms with E-state index in [9.17, 15) is 57.5 Å². The highest BCUT2D eigenvalue weighted by Gasteiger charge is 2.52. The third-order valence-electron chi connectivity index (χ3n) is 9.72. The molecule has 6 aromatic rings. The first-order valence-corrected chi connectivity index (χ1v) is 17.3. The Morgan fingerprint density at radius 3 is 0.984 bits per heavy atom. The van der Waals surface area contributed by atoms with Crippen molar-refractivity contribution in [1.29, 1.82) is 0 Å². The molecule has 0 saturated heterocycles. The predicted octanol–water partition coefficient (Wildman–Crippen LogP) is 8.40. The van der Waals surface area contributed by atoms with Crippen molar-refractivity contribution in [3.63, 3.8) is 0 Å². The van der Waals surface area contributed by atoms with Crippen LogP contribution >= 0.6 is 0 Å². The van der Waals surface area contributed by atoms with Crippen molar-refractivity contribution in [2.75, 3.05) is 0 Å². The zero-order valence-corrected chi connectivity index (χ0v) is 31.8. The van der Waals surface area contributed by atoms with Crippen LogP contribution in [0.4, 0.5) is 87.8 Å². The van der Waals surface area contributed by atoms with Gasteiger partial charge in [-0.05, 0) is 0 Å². The van der Waals surface area contributed by atoms with Crippen LogP contribution in [0.25, 0.3) is 0 Å². The van der Waals surface area contributed by atoms with Gasteiger partial charge in [0.2, 0.25) is 18.0 Å². The van der Waals surface area contributed by atoms with E-state index in [1.54, 1.807) is 6.20 Å². The molecule has 6 rings (SSSR count). The fraction of sp³-hybridized carbons (Fsp3) is 0.125. The zero-order chi connectivity index (χ0) is 48.2. The van der Waals surface area contributed by atoms with E-state index < -0.39 is 144 Å². The normalized spacial score (nSPS) is 11.8. The number of carbonyl (C=O) groups excluding carboxylic acids is 1. The summed E-state index contributed by atoms with van der Waals surface area (Å²) in [6.07, 6.45) is -1.81. The van der Waals surface area contributed by atoms with Crippen molar-refractivity contribution in [2.45, 2.75) is 32.7 Å². The van der Waals surface area contributed by atoms with Gasteiger partial charge < -0.3 is 0 Å². The Balaban J connectivity index is 0.000000337. The Kier molecular flexibility index (Phi) is 13.3. The van der Waals surface area contributed by atoms with Crippen molar-refractivity contribution in [1.82, 2.24) is 4.98 Å². The van der Waals surface area contributed by atoms with Crippen LogP contribution in [-0.4, -0.2) is 16.9 Å². The minimum atomic E-state index is -7.22. The average Bonchev–Trinajstić information content (AvgIpc) is 3.26. The molecular formula is C40H19BF20N2O. The van der Waals surface area contributed by atoms with Crippen LogP contribution in [0.1, 0.15) is 36.8 Å². The molecule has 0 unspecified atom stereocenters. The Morgan fingerprint density at radius 2 is 0.719 bits per heavy atom. The number of Topliss-reactive ketones (excluding diaryl/α,β-unsaturated/α-hetero) is 1. The average molecular weight is 934 g/mol. The molecule has 0 bridgehead atoms. The van der Waals surface area contributed by atoms with Gasteiger partial charge in [-0.15, -0.1) is 21.9 Å². The first kappa shape index (κ1) is 48.5. The van der Waals surface area contributed by atoms with Crippen molar-refractivity contribution in [2.24, 2.45) is 0 Å². The molecule has 3 nitrogen and oxygen atoms in total. The van der Waals surface area contributed by atoms with Gasteiger partial charge in [0, 0.05) is 11.0 Å². The molecule has 5 aromatic carbocycles. The number of rotatable bonds is 7. The molecule has 0 aliphatic carbocycles. The molecule has 24 heteroatoms. The van der Waals surface area contributed by atoms with Crippen molar-refractivity contribution in [3.05, 3.63) is 177 Å². The molecule has 0 amide bonds. The number of halogens is 20. The molecule has 0 N–H and O–H groups in total. The lowest BCUT2D eigenvalue weighted by molar-refractivity contribution is -0.694. The van der Waals surface area contributed by atoms with Gasteiger partial charge in [0.25, 0.3) is 0 Å². The maximum Gasteiger partial charge on any atom is 0.227 e. The lowest BCUT2D eigenvalue weighted by Gasteiger charge is -2.44. The van der Waals surface area contributed by atoms with Gasteiger partial charge >= 0.3 is 0 Å². The Morgan fingerprint density at radius 1 is 0.453 bits per heavy atom. The van der Waals surface area contributed by atoms with E-state index in [2.05, 4.69) is 25.8 Å². The van der Waals surface area contributed by atoms with Crippen LogP contribution in [0, 0.1) is 116 Å².